The number of hydrogen-bond donors (Lipinski definition) is 1. The van der Waals surface area contributed by atoms with Crippen LogP contribution in [-0.2, 0) is 4.74 Å². The zero-order chi connectivity index (χ0) is 13.2. The number of nitrogens with two attached hydrogens (primary N) is 1. The van der Waals surface area contributed by atoms with E-state index >= 15 is 0 Å². The number of rotatable bonds is 3. The van der Waals surface area contributed by atoms with Crippen LogP contribution in [0.5, 0.6) is 0 Å². The Hall–Kier alpha value is -0.630. The predicted octanol–water partition coefficient (Wildman–Crippen LogP) is 0.968. The molecule has 0 bridgehead atoms. The molecule has 2 aliphatic rings. The molecule has 3 rings (SSSR count). The Morgan fingerprint density at radius 2 is 2.37 bits per heavy atom. The Kier molecular flexibility index (Phi) is 4.07. The third-order valence-corrected chi connectivity index (χ3v) is 4.82. The monoisotopic (exact) mass is 284 g/mol. The summed E-state index contributed by atoms with van der Waals surface area (Å²) >= 11 is 1.94. The average Bonchev–Trinajstić information content (AvgIpc) is 3.08. The Morgan fingerprint density at radius 3 is 3.11 bits per heavy atom. The fourth-order valence-corrected chi connectivity index (χ4v) is 3.74. The van der Waals surface area contributed by atoms with E-state index in [1.807, 2.05) is 11.8 Å². The Labute approximate surface area is 117 Å². The van der Waals surface area contributed by atoms with E-state index in [0.29, 0.717) is 12.4 Å². The molecule has 0 saturated carbocycles. The molecule has 3 heterocycles. The fourth-order valence-electron chi connectivity index (χ4n) is 2.53. The van der Waals surface area contributed by atoms with Crippen LogP contribution in [0.1, 0.15) is 36.7 Å². The first-order valence-corrected chi connectivity index (χ1v) is 7.90. The number of hydrogen-bond acceptors (Lipinski definition) is 7. The second-order valence-corrected chi connectivity index (χ2v) is 6.27. The van der Waals surface area contributed by atoms with Gasteiger partial charge in [-0.2, -0.15) is 16.7 Å². The first-order valence-electron chi connectivity index (χ1n) is 6.75. The quantitative estimate of drug-likeness (QED) is 0.886. The van der Waals surface area contributed by atoms with Crippen molar-refractivity contribution in [3.8, 4) is 0 Å². The fraction of sp³-hybridized carbons (Fsp3) is 0.833. The van der Waals surface area contributed by atoms with Crippen molar-refractivity contribution in [3.63, 3.8) is 0 Å². The molecule has 6 nitrogen and oxygen atoms in total. The molecule has 3 unspecified atom stereocenters. The van der Waals surface area contributed by atoms with E-state index in [2.05, 4.69) is 22.1 Å². The maximum Gasteiger partial charge on any atom is 0.255 e. The number of aromatic nitrogens is 2. The molecular weight excluding hydrogens is 264 g/mol. The van der Waals surface area contributed by atoms with E-state index < -0.39 is 0 Å². The Balaban J connectivity index is 1.69. The lowest BCUT2D eigenvalue weighted by molar-refractivity contribution is 0.0307. The van der Waals surface area contributed by atoms with E-state index in [4.69, 9.17) is 15.0 Å². The number of nitrogens with zero attached hydrogens (tertiary/aromatic N) is 3. The van der Waals surface area contributed by atoms with Crippen molar-refractivity contribution in [1.82, 2.24) is 15.0 Å². The van der Waals surface area contributed by atoms with E-state index in [1.165, 1.54) is 5.75 Å². The zero-order valence-corrected chi connectivity index (χ0v) is 11.9. The summed E-state index contributed by atoms with van der Waals surface area (Å²) in [5.74, 6) is 3.58. The van der Waals surface area contributed by atoms with E-state index in [1.54, 1.807) is 0 Å². The van der Waals surface area contributed by atoms with Crippen molar-refractivity contribution in [2.24, 2.45) is 5.73 Å². The summed E-state index contributed by atoms with van der Waals surface area (Å²) in [6.45, 7) is 1.62. The highest BCUT2D eigenvalue weighted by Gasteiger charge is 2.32. The zero-order valence-electron chi connectivity index (χ0n) is 11.1. The molecule has 1 aromatic heterocycles. The minimum absolute atomic E-state index is 0.0728. The van der Waals surface area contributed by atoms with Gasteiger partial charge in [0.2, 0.25) is 0 Å². The number of thioether (sulfide) groups is 1. The summed E-state index contributed by atoms with van der Waals surface area (Å²) in [6.07, 6.45) is 1.95. The molecule has 0 spiro atoms. The lowest BCUT2D eigenvalue weighted by Crippen LogP contribution is -2.33. The van der Waals surface area contributed by atoms with Gasteiger partial charge in [0.25, 0.3) is 5.89 Å². The van der Waals surface area contributed by atoms with Gasteiger partial charge in [-0.15, -0.1) is 0 Å². The summed E-state index contributed by atoms with van der Waals surface area (Å²) < 4.78 is 11.2. The SMILES string of the molecule is CN1CCSCC1c1noc(C2CCC(CN)O2)n1. The van der Waals surface area contributed by atoms with Gasteiger partial charge in [0, 0.05) is 24.6 Å². The molecular formula is C12H20N4O2S. The van der Waals surface area contributed by atoms with Crippen LogP contribution in [0.2, 0.25) is 0 Å². The van der Waals surface area contributed by atoms with E-state index in [0.717, 1.165) is 31.0 Å². The van der Waals surface area contributed by atoms with Crippen LogP contribution in [0.3, 0.4) is 0 Å². The van der Waals surface area contributed by atoms with Crippen molar-refractivity contribution in [3.05, 3.63) is 11.7 Å². The smallest absolute Gasteiger partial charge is 0.255 e. The first-order chi connectivity index (χ1) is 9.28. The van der Waals surface area contributed by atoms with Crippen molar-refractivity contribution in [2.75, 3.05) is 31.6 Å². The molecule has 19 heavy (non-hydrogen) atoms. The van der Waals surface area contributed by atoms with Crippen LogP contribution < -0.4 is 5.73 Å². The van der Waals surface area contributed by atoms with E-state index in [-0.39, 0.29) is 18.2 Å². The average molecular weight is 284 g/mol. The van der Waals surface area contributed by atoms with Gasteiger partial charge in [0.1, 0.15) is 6.10 Å². The van der Waals surface area contributed by atoms with Crippen LogP contribution in [0.25, 0.3) is 0 Å². The molecule has 0 radical (unpaired) electrons. The van der Waals surface area contributed by atoms with Gasteiger partial charge in [-0.05, 0) is 19.9 Å². The van der Waals surface area contributed by atoms with Crippen molar-refractivity contribution >= 4 is 11.8 Å². The molecule has 1 aromatic rings. The van der Waals surface area contributed by atoms with Crippen LogP contribution in [0.4, 0.5) is 0 Å². The van der Waals surface area contributed by atoms with Gasteiger partial charge in [-0.25, -0.2) is 0 Å². The summed E-state index contributed by atoms with van der Waals surface area (Å²) in [5, 5.41) is 4.13. The van der Waals surface area contributed by atoms with Crippen LogP contribution in [0.15, 0.2) is 4.52 Å². The van der Waals surface area contributed by atoms with Gasteiger partial charge in [-0.3, -0.25) is 4.90 Å². The largest absolute Gasteiger partial charge is 0.364 e. The first kappa shape index (κ1) is 13.4. The normalized spacial score (nSPS) is 32.8. The van der Waals surface area contributed by atoms with Crippen molar-refractivity contribution < 1.29 is 9.26 Å². The lowest BCUT2D eigenvalue weighted by atomic mass is 10.2. The third-order valence-electron chi connectivity index (χ3n) is 3.80. The van der Waals surface area contributed by atoms with Crippen LogP contribution >= 0.6 is 11.8 Å². The summed E-state index contributed by atoms with van der Waals surface area (Å²) in [7, 11) is 2.11. The molecule has 0 aliphatic carbocycles. The summed E-state index contributed by atoms with van der Waals surface area (Å²) in [5.41, 5.74) is 5.61. The van der Waals surface area contributed by atoms with Crippen LogP contribution in [0, 0.1) is 0 Å². The highest BCUT2D eigenvalue weighted by atomic mass is 32.2. The van der Waals surface area contributed by atoms with Crippen LogP contribution in [-0.4, -0.2) is 52.8 Å². The highest BCUT2D eigenvalue weighted by Crippen LogP contribution is 2.33. The molecule has 2 N–H and O–H groups in total. The van der Waals surface area contributed by atoms with Gasteiger partial charge >= 0.3 is 0 Å². The topological polar surface area (TPSA) is 77.4 Å². The van der Waals surface area contributed by atoms with Gasteiger partial charge in [0.05, 0.1) is 12.1 Å². The van der Waals surface area contributed by atoms with Crippen molar-refractivity contribution in [1.29, 1.82) is 0 Å². The minimum Gasteiger partial charge on any atom is -0.364 e. The molecule has 0 amide bonds. The second-order valence-electron chi connectivity index (χ2n) is 5.12. The molecule has 3 atom stereocenters. The molecule has 2 aliphatic heterocycles. The molecule has 2 saturated heterocycles. The summed E-state index contributed by atoms with van der Waals surface area (Å²) in [6, 6.07) is 0.253. The van der Waals surface area contributed by atoms with E-state index in [9.17, 15) is 0 Å². The third kappa shape index (κ3) is 2.79. The predicted molar refractivity (Wildman–Crippen MR) is 72.9 cm³/mol. The highest BCUT2D eigenvalue weighted by molar-refractivity contribution is 7.99. The Morgan fingerprint density at radius 1 is 1.47 bits per heavy atom. The molecule has 106 valence electrons. The molecule has 0 aromatic carbocycles. The summed E-state index contributed by atoms with van der Waals surface area (Å²) in [4.78, 5) is 6.82. The van der Waals surface area contributed by atoms with Gasteiger partial charge in [0.15, 0.2) is 5.82 Å². The van der Waals surface area contributed by atoms with Crippen molar-refractivity contribution in [2.45, 2.75) is 31.1 Å². The van der Waals surface area contributed by atoms with Gasteiger partial charge < -0.3 is 15.0 Å². The maximum absolute atomic E-state index is 5.78. The minimum atomic E-state index is -0.0728. The molecule has 7 heteroatoms. The van der Waals surface area contributed by atoms with Gasteiger partial charge in [-0.1, -0.05) is 5.16 Å². The molecule has 2 fully saturated rings. The standard InChI is InChI=1S/C12H20N4O2S/c1-16-4-5-19-7-9(16)11-14-12(18-15-11)10-3-2-8(6-13)17-10/h8-10H,2-7,13H2,1H3. The Bertz CT molecular complexity index is 428. The second kappa shape index (κ2) is 5.78. The lowest BCUT2D eigenvalue weighted by Gasteiger charge is -2.29. The number of ether oxygens (including phenoxy) is 1. The maximum atomic E-state index is 5.78.